The van der Waals surface area contributed by atoms with Gasteiger partial charge in [-0.25, -0.2) is 4.79 Å². The zero-order chi connectivity index (χ0) is 88.4. The number of hydrogen-bond donors (Lipinski definition) is 0. The second-order valence-corrected chi connectivity index (χ2v) is 32.5. The van der Waals surface area contributed by atoms with Gasteiger partial charge in [0.15, 0.2) is 0 Å². The first-order chi connectivity index (χ1) is 61.4. The summed E-state index contributed by atoms with van der Waals surface area (Å²) in [7, 11) is 19.9. The Hall–Kier alpha value is -13.2. The standard InChI is InChI=1S/C36H28O4.C30H22I2O4.C30H24O4.C9H14O4.C2H6O.CH4/c1-37-26-14-9-23-12-17-31(39-3)34(29(23)20-26)36-28-16-11-25(22-7-5-4-6-8-22)19-33(28)40-32-18-13-24-10-15-27(38-2)21-30(24)35(32)36;1-33-19-8-4-16-6-10-25(35-3)27(21(16)14-19)29-23-12-18(31)13-24(32)30(23)36-26-11-7-17-5-9-20(34-2)15-22(17)28(26)29;1-31-20-12-8-18-10-14-26(33-3)28(23(18)16-20)30-22-6-4-5-7-25(22)34-27-15-11-19-9-13-21(32-2)17-24(19)29(27)30;1-7(2)9(11)13-6-4-5-8(10)12-3;1-3-2;/h4-21,36H,1-3H3;4-15,29H,1-3H3;4-17,30H,1-3H3;1,4-6H2,2-3H3;1-2H3;1H4. The summed E-state index contributed by atoms with van der Waals surface area (Å²) >= 11 is 4.76. The maximum absolute atomic E-state index is 10.8. The molecule has 0 bridgehead atoms. The zero-order valence-electron chi connectivity index (χ0n) is 72.2. The summed E-state index contributed by atoms with van der Waals surface area (Å²) in [5.74, 6) is 11.3. The molecule has 0 fully saturated rings. The van der Waals surface area contributed by atoms with E-state index in [4.69, 9.17) is 61.6 Å². The fraction of sp³-hybridized carbons (Fsp3) is 0.185. The number of benzene rings is 16. The quantitative estimate of drug-likeness (QED) is 0.0343. The molecule has 3 heterocycles. The number of carbonyl (C=O) groups excluding carboxylic acids is 2. The molecule has 16 aromatic rings. The highest BCUT2D eigenvalue weighted by molar-refractivity contribution is 14.1. The van der Waals surface area contributed by atoms with E-state index in [0.717, 1.165) is 219 Å². The van der Waals surface area contributed by atoms with Gasteiger partial charge in [0.05, 0.1) is 81.3 Å². The number of esters is 2. The first-order valence-corrected chi connectivity index (χ1v) is 42.9. The van der Waals surface area contributed by atoms with Gasteiger partial charge in [-0.3, -0.25) is 4.79 Å². The largest absolute Gasteiger partial charge is 0.497 e. The van der Waals surface area contributed by atoms with Crippen molar-refractivity contribution < 1.29 is 80.6 Å². The molecule has 3 atom stereocenters. The molecule has 17 nitrogen and oxygen atoms in total. The Balaban J connectivity index is 0.000000142. The van der Waals surface area contributed by atoms with E-state index in [1.807, 2.05) is 60.7 Å². The van der Waals surface area contributed by atoms with Gasteiger partial charge in [0.1, 0.15) is 86.2 Å². The normalized spacial score (nSPS) is 13.3. The van der Waals surface area contributed by atoms with E-state index in [1.165, 1.54) is 7.11 Å². The van der Waals surface area contributed by atoms with Crippen LogP contribution in [-0.2, 0) is 23.8 Å². The summed E-state index contributed by atoms with van der Waals surface area (Å²) < 4.78 is 87.2. The molecule has 16 aromatic carbocycles. The lowest BCUT2D eigenvalue weighted by Gasteiger charge is -2.32. The minimum absolute atomic E-state index is 0. The Labute approximate surface area is 767 Å². The molecule has 0 N–H and O–H groups in total. The monoisotopic (exact) mass is 1920 g/mol. The highest BCUT2D eigenvalue weighted by Gasteiger charge is 2.39. The molecule has 3 aliphatic heterocycles. The lowest BCUT2D eigenvalue weighted by atomic mass is 9.78. The molecule has 0 aliphatic carbocycles. The fourth-order valence-corrected chi connectivity index (χ4v) is 18.9. The molecule has 0 aromatic heterocycles. The van der Waals surface area contributed by atoms with Crippen LogP contribution in [0.5, 0.6) is 86.2 Å². The molecule has 3 unspecified atom stereocenters. The number of fused-ring (bicyclic) bond motifs is 15. The maximum Gasteiger partial charge on any atom is 0.333 e. The number of carbonyl (C=O) groups is 2. The van der Waals surface area contributed by atoms with Crippen LogP contribution in [0.15, 0.2) is 279 Å². The predicted molar refractivity (Wildman–Crippen MR) is 523 cm³/mol. The summed E-state index contributed by atoms with van der Waals surface area (Å²) in [5.41, 5.74) is 12.4. The Morgan fingerprint density at radius 1 is 0.339 bits per heavy atom. The van der Waals surface area contributed by atoms with Crippen molar-refractivity contribution in [1.82, 2.24) is 0 Å². The fourth-order valence-electron chi connectivity index (χ4n) is 16.9. The first kappa shape index (κ1) is 90.0. The van der Waals surface area contributed by atoms with E-state index in [2.05, 4.69) is 267 Å². The maximum atomic E-state index is 10.8. The van der Waals surface area contributed by atoms with Gasteiger partial charge in [0, 0.05) is 97.6 Å². The van der Waals surface area contributed by atoms with Crippen molar-refractivity contribution in [2.45, 2.75) is 44.9 Å². The summed E-state index contributed by atoms with van der Waals surface area (Å²) in [6.45, 7) is 5.21. The topological polar surface area (TPSA) is 173 Å². The molecular formula is C108H98I2O17. The molecule has 0 spiro atoms. The van der Waals surface area contributed by atoms with Gasteiger partial charge in [0.25, 0.3) is 0 Å². The van der Waals surface area contributed by atoms with Gasteiger partial charge in [-0.2, -0.15) is 0 Å². The van der Waals surface area contributed by atoms with Crippen LogP contribution in [0.1, 0.15) is 95.0 Å². The summed E-state index contributed by atoms with van der Waals surface area (Å²) in [6.07, 6.45) is 0.742. The molecule has 19 rings (SSSR count). The number of rotatable bonds is 18. The van der Waals surface area contributed by atoms with E-state index >= 15 is 0 Å². The van der Waals surface area contributed by atoms with Crippen LogP contribution in [-0.4, -0.2) is 104 Å². The van der Waals surface area contributed by atoms with E-state index < -0.39 is 5.97 Å². The van der Waals surface area contributed by atoms with Gasteiger partial charge in [-0.05, 0) is 268 Å². The number of hydrogen-bond acceptors (Lipinski definition) is 17. The van der Waals surface area contributed by atoms with Crippen LogP contribution in [0.25, 0.3) is 75.8 Å². The van der Waals surface area contributed by atoms with Crippen LogP contribution >= 0.6 is 45.2 Å². The minimum Gasteiger partial charge on any atom is -0.497 e. The van der Waals surface area contributed by atoms with E-state index in [-0.39, 0.29) is 44.2 Å². The van der Waals surface area contributed by atoms with Gasteiger partial charge >= 0.3 is 11.9 Å². The average molecular weight is 1920 g/mol. The highest BCUT2D eigenvalue weighted by Crippen LogP contribution is 2.59. The molecule has 0 radical (unpaired) electrons. The number of ether oxygens (including phenoxy) is 15. The smallest absolute Gasteiger partial charge is 0.333 e. The second kappa shape index (κ2) is 40.4. The Bertz CT molecular complexity index is 6790. The van der Waals surface area contributed by atoms with Crippen LogP contribution in [0.3, 0.4) is 0 Å². The van der Waals surface area contributed by atoms with Crippen LogP contribution in [0, 0.1) is 7.14 Å². The van der Waals surface area contributed by atoms with Gasteiger partial charge in [-0.15, -0.1) is 0 Å². The summed E-state index contributed by atoms with van der Waals surface area (Å²) in [5, 5.41) is 13.3. The Morgan fingerprint density at radius 2 is 0.685 bits per heavy atom. The van der Waals surface area contributed by atoms with Crippen molar-refractivity contribution in [2.75, 3.05) is 91.9 Å². The number of para-hydroxylation sites is 1. The molecule has 19 heteroatoms. The Kier molecular flexibility index (Phi) is 28.6. The van der Waals surface area contributed by atoms with Crippen molar-refractivity contribution in [1.29, 1.82) is 0 Å². The van der Waals surface area contributed by atoms with Gasteiger partial charge in [-0.1, -0.05) is 147 Å². The van der Waals surface area contributed by atoms with Crippen molar-refractivity contribution >= 4 is 122 Å². The van der Waals surface area contributed by atoms with E-state index in [0.29, 0.717) is 12.0 Å². The van der Waals surface area contributed by atoms with Crippen molar-refractivity contribution in [2.24, 2.45) is 0 Å². The molecule has 0 amide bonds. The van der Waals surface area contributed by atoms with Crippen LogP contribution in [0.4, 0.5) is 0 Å². The minimum atomic E-state index is -0.426. The second-order valence-electron chi connectivity index (χ2n) is 30.1. The van der Waals surface area contributed by atoms with E-state index in [9.17, 15) is 9.59 Å². The average Bonchev–Trinajstić information content (AvgIpc) is 0.735. The van der Waals surface area contributed by atoms with Crippen LogP contribution in [0.2, 0.25) is 0 Å². The van der Waals surface area contributed by atoms with Gasteiger partial charge in [0.2, 0.25) is 0 Å². The third-order valence-corrected chi connectivity index (χ3v) is 24.2. The first-order valence-electron chi connectivity index (χ1n) is 40.8. The van der Waals surface area contributed by atoms with E-state index in [1.54, 1.807) is 85.1 Å². The molecular weight excluding hydrogens is 1820 g/mol. The van der Waals surface area contributed by atoms with Crippen LogP contribution < -0.4 is 56.8 Å². The number of halogens is 2. The third kappa shape index (κ3) is 18.5. The molecule has 3 aliphatic rings. The zero-order valence-corrected chi connectivity index (χ0v) is 76.5. The van der Waals surface area contributed by atoms with Crippen molar-refractivity contribution in [3.8, 4) is 97.4 Å². The highest BCUT2D eigenvalue weighted by atomic mass is 127. The molecule has 0 saturated carbocycles. The lowest BCUT2D eigenvalue weighted by Crippen LogP contribution is -2.15. The Morgan fingerprint density at radius 3 is 1.07 bits per heavy atom. The van der Waals surface area contributed by atoms with Crippen molar-refractivity contribution in [3.05, 3.63) is 336 Å². The SMILES string of the molecule is C.C=C(C)C(=O)OCCCC(=O)OC.COC.COc1ccc2ccc(OC)c(C3c4cc(I)cc(I)c4Oc4ccc5ccc(OC)cc5c43)c2c1.COc1ccc2ccc(OC)c(C3c4ccc(-c5ccccc5)cc4Oc4ccc5ccc(OC)cc5c43)c2c1.COc1ccc2ccc(OC)c(C3c4ccccc4Oc4ccc5ccc(OC)cc5c43)c2c1. The molecule has 0 saturated heterocycles. The molecule has 127 heavy (non-hydrogen) atoms. The third-order valence-electron chi connectivity index (χ3n) is 22.8. The summed E-state index contributed by atoms with van der Waals surface area (Å²) in [6, 6.07) is 91.7. The predicted octanol–water partition coefficient (Wildman–Crippen LogP) is 26.7. The van der Waals surface area contributed by atoms with Gasteiger partial charge < -0.3 is 71.1 Å². The van der Waals surface area contributed by atoms with Crippen molar-refractivity contribution in [3.63, 3.8) is 0 Å². The summed E-state index contributed by atoms with van der Waals surface area (Å²) in [4.78, 5) is 21.4. The molecule has 646 valence electrons. The lowest BCUT2D eigenvalue weighted by molar-refractivity contribution is -0.143. The number of methoxy groups -OCH3 is 11.